The number of benzene rings is 2. The van der Waals surface area contributed by atoms with Crippen LogP contribution in [0.4, 0.5) is 0 Å². The summed E-state index contributed by atoms with van der Waals surface area (Å²) in [5.41, 5.74) is 4.21. The first kappa shape index (κ1) is 17.3. The molecule has 0 saturated heterocycles. The van der Waals surface area contributed by atoms with Crippen molar-refractivity contribution in [3.05, 3.63) is 64.7 Å². The van der Waals surface area contributed by atoms with Crippen molar-refractivity contribution in [1.82, 2.24) is 10.6 Å². The van der Waals surface area contributed by atoms with Crippen LogP contribution in [0.25, 0.3) is 0 Å². The molecule has 2 N–H and O–H groups in total. The van der Waals surface area contributed by atoms with Gasteiger partial charge in [-0.15, -0.1) is 12.4 Å². The lowest BCUT2D eigenvalue weighted by Crippen LogP contribution is -2.26. The third kappa shape index (κ3) is 3.84. The van der Waals surface area contributed by atoms with Gasteiger partial charge >= 0.3 is 0 Å². The number of halogens is 1. The van der Waals surface area contributed by atoms with E-state index < -0.39 is 0 Å². The molecule has 1 amide bonds. The summed E-state index contributed by atoms with van der Waals surface area (Å²) in [6.45, 7) is 3.70. The van der Waals surface area contributed by atoms with Crippen LogP contribution in [-0.2, 0) is 13.1 Å². The van der Waals surface area contributed by atoms with E-state index in [9.17, 15) is 4.79 Å². The number of carbonyl (C=O) groups is 1. The lowest BCUT2D eigenvalue weighted by molar-refractivity contribution is 0.0939. The zero-order chi connectivity index (χ0) is 15.5. The Balaban J connectivity index is 0.00000192. The number of fused-ring (bicyclic) bond motifs is 1. The van der Waals surface area contributed by atoms with Crippen LogP contribution in [0.2, 0.25) is 0 Å². The summed E-state index contributed by atoms with van der Waals surface area (Å²) in [5, 5.41) is 6.33. The Hall–Kier alpha value is -2.04. The van der Waals surface area contributed by atoms with Gasteiger partial charge in [-0.05, 0) is 47.9 Å². The average Bonchev–Trinajstić information content (AvgIpc) is 3.02. The van der Waals surface area contributed by atoms with Gasteiger partial charge in [0.15, 0.2) is 0 Å². The molecule has 0 aromatic heterocycles. The highest BCUT2D eigenvalue weighted by Crippen LogP contribution is 2.20. The Labute approximate surface area is 142 Å². The van der Waals surface area contributed by atoms with Crippen LogP contribution in [0, 0.1) is 0 Å². The van der Waals surface area contributed by atoms with Gasteiger partial charge in [0.2, 0.25) is 0 Å². The monoisotopic (exact) mass is 332 g/mol. The molecule has 4 nitrogen and oxygen atoms in total. The highest BCUT2D eigenvalue weighted by Gasteiger charge is 2.15. The number of carbonyl (C=O) groups excluding carboxylic acids is 1. The summed E-state index contributed by atoms with van der Waals surface area (Å²) in [6.07, 6.45) is 0. The molecule has 3 rings (SSSR count). The van der Waals surface area contributed by atoms with E-state index in [-0.39, 0.29) is 24.4 Å². The third-order valence-electron chi connectivity index (χ3n) is 4.04. The summed E-state index contributed by atoms with van der Waals surface area (Å²) >= 11 is 0. The molecule has 2 aromatic rings. The van der Waals surface area contributed by atoms with Crippen LogP contribution in [0.15, 0.2) is 42.5 Å². The Morgan fingerprint density at radius 2 is 1.96 bits per heavy atom. The SMILES string of the molecule is COc1cccc(C(C)NC(=O)c2ccc3c(c2)CNC3)c1.Cl. The minimum absolute atomic E-state index is 0. The molecule has 2 aromatic carbocycles. The molecule has 0 fully saturated rings. The lowest BCUT2D eigenvalue weighted by atomic mass is 10.0. The van der Waals surface area contributed by atoms with Gasteiger partial charge < -0.3 is 15.4 Å². The molecule has 1 aliphatic rings. The van der Waals surface area contributed by atoms with Crippen molar-refractivity contribution in [1.29, 1.82) is 0 Å². The third-order valence-corrected chi connectivity index (χ3v) is 4.04. The van der Waals surface area contributed by atoms with E-state index in [2.05, 4.69) is 10.6 Å². The minimum Gasteiger partial charge on any atom is -0.497 e. The number of hydrogen-bond donors (Lipinski definition) is 2. The molecule has 1 heterocycles. The number of nitrogens with one attached hydrogen (secondary N) is 2. The van der Waals surface area contributed by atoms with Gasteiger partial charge in [0.25, 0.3) is 5.91 Å². The predicted octanol–water partition coefficient (Wildman–Crippen LogP) is 3.21. The fraction of sp³-hybridized carbons (Fsp3) is 0.278. The fourth-order valence-corrected chi connectivity index (χ4v) is 2.71. The number of hydrogen-bond acceptors (Lipinski definition) is 3. The lowest BCUT2D eigenvalue weighted by Gasteiger charge is -2.15. The quantitative estimate of drug-likeness (QED) is 0.904. The second kappa shape index (κ2) is 7.49. The van der Waals surface area contributed by atoms with Gasteiger partial charge in [-0.25, -0.2) is 0 Å². The van der Waals surface area contributed by atoms with E-state index in [0.717, 1.165) is 24.4 Å². The van der Waals surface area contributed by atoms with Crippen LogP contribution in [0.1, 0.15) is 40.0 Å². The number of ether oxygens (including phenoxy) is 1. The van der Waals surface area contributed by atoms with Gasteiger partial charge in [0, 0.05) is 18.7 Å². The molecule has 1 aliphatic heterocycles. The molecule has 0 spiro atoms. The van der Waals surface area contributed by atoms with Gasteiger partial charge in [-0.3, -0.25) is 4.79 Å². The summed E-state index contributed by atoms with van der Waals surface area (Å²) in [4.78, 5) is 12.4. The molecule has 0 bridgehead atoms. The maximum Gasteiger partial charge on any atom is 0.251 e. The predicted molar refractivity (Wildman–Crippen MR) is 93.1 cm³/mol. The normalized spacial score (nSPS) is 13.7. The minimum atomic E-state index is -0.0750. The summed E-state index contributed by atoms with van der Waals surface area (Å²) < 4.78 is 5.23. The van der Waals surface area contributed by atoms with Crippen molar-refractivity contribution >= 4 is 18.3 Å². The number of methoxy groups -OCH3 is 1. The van der Waals surface area contributed by atoms with Crippen molar-refractivity contribution < 1.29 is 9.53 Å². The standard InChI is InChI=1S/C18H20N2O2.ClH/c1-12(13-4-3-5-17(9-13)22-2)20-18(21)14-6-7-15-10-19-11-16(15)8-14;/h3-9,12,19H,10-11H2,1-2H3,(H,20,21);1H. The van der Waals surface area contributed by atoms with Crippen molar-refractivity contribution in [3.8, 4) is 5.75 Å². The molecule has 23 heavy (non-hydrogen) atoms. The van der Waals surface area contributed by atoms with E-state index in [4.69, 9.17) is 4.74 Å². The Kier molecular flexibility index (Phi) is 5.64. The maximum absolute atomic E-state index is 12.4. The zero-order valence-corrected chi connectivity index (χ0v) is 14.1. The van der Waals surface area contributed by atoms with Gasteiger partial charge in [-0.1, -0.05) is 18.2 Å². The van der Waals surface area contributed by atoms with Crippen LogP contribution in [0.3, 0.4) is 0 Å². The van der Waals surface area contributed by atoms with Gasteiger partial charge in [0.1, 0.15) is 5.75 Å². The van der Waals surface area contributed by atoms with Crippen LogP contribution < -0.4 is 15.4 Å². The fourth-order valence-electron chi connectivity index (χ4n) is 2.71. The van der Waals surface area contributed by atoms with Crippen LogP contribution >= 0.6 is 12.4 Å². The van der Waals surface area contributed by atoms with E-state index >= 15 is 0 Å². The highest BCUT2D eigenvalue weighted by atomic mass is 35.5. The second-order valence-electron chi connectivity index (χ2n) is 5.56. The average molecular weight is 333 g/mol. The van der Waals surface area contributed by atoms with Crippen molar-refractivity contribution in [2.45, 2.75) is 26.1 Å². The van der Waals surface area contributed by atoms with E-state index in [1.807, 2.05) is 49.4 Å². The largest absolute Gasteiger partial charge is 0.497 e. The Morgan fingerprint density at radius 1 is 1.17 bits per heavy atom. The van der Waals surface area contributed by atoms with E-state index in [1.54, 1.807) is 7.11 Å². The molecule has 122 valence electrons. The number of rotatable bonds is 4. The first-order valence-corrected chi connectivity index (χ1v) is 7.44. The molecular weight excluding hydrogens is 312 g/mol. The topological polar surface area (TPSA) is 50.4 Å². The van der Waals surface area contributed by atoms with Crippen molar-refractivity contribution in [2.24, 2.45) is 0 Å². The smallest absolute Gasteiger partial charge is 0.251 e. The van der Waals surface area contributed by atoms with Crippen LogP contribution in [0.5, 0.6) is 5.75 Å². The molecule has 1 unspecified atom stereocenters. The summed E-state index contributed by atoms with van der Waals surface area (Å²) in [6, 6.07) is 13.6. The second-order valence-corrected chi connectivity index (χ2v) is 5.56. The molecule has 1 atom stereocenters. The van der Waals surface area contributed by atoms with E-state index in [1.165, 1.54) is 11.1 Å². The van der Waals surface area contributed by atoms with Crippen molar-refractivity contribution in [2.75, 3.05) is 7.11 Å². The number of amides is 1. The first-order valence-electron chi connectivity index (χ1n) is 7.44. The molecule has 0 radical (unpaired) electrons. The summed E-state index contributed by atoms with van der Waals surface area (Å²) in [7, 11) is 1.64. The van der Waals surface area contributed by atoms with E-state index in [0.29, 0.717) is 5.56 Å². The molecule has 0 aliphatic carbocycles. The first-order chi connectivity index (χ1) is 10.7. The van der Waals surface area contributed by atoms with Crippen LogP contribution in [-0.4, -0.2) is 13.0 Å². The maximum atomic E-state index is 12.4. The van der Waals surface area contributed by atoms with Crippen molar-refractivity contribution in [3.63, 3.8) is 0 Å². The molecular formula is C18H21ClN2O2. The zero-order valence-electron chi connectivity index (χ0n) is 13.3. The van der Waals surface area contributed by atoms with Gasteiger partial charge in [0.05, 0.1) is 13.2 Å². The Morgan fingerprint density at radius 3 is 2.74 bits per heavy atom. The molecule has 5 heteroatoms. The molecule has 0 saturated carbocycles. The summed E-state index contributed by atoms with van der Waals surface area (Å²) in [5.74, 6) is 0.743. The van der Waals surface area contributed by atoms with Gasteiger partial charge in [-0.2, -0.15) is 0 Å². The highest BCUT2D eigenvalue weighted by molar-refractivity contribution is 5.94. The Bertz CT molecular complexity index is 703.